The Bertz CT molecular complexity index is 337. The smallest absolute Gasteiger partial charge is 0.267 e. The molecule has 2 heterocycles. The van der Waals surface area contributed by atoms with Crippen molar-refractivity contribution in [1.29, 1.82) is 0 Å². The van der Waals surface area contributed by atoms with E-state index in [1.165, 1.54) is 12.3 Å². The molecule has 0 aliphatic carbocycles. The molecule has 0 fully saturated rings. The fourth-order valence-electron chi connectivity index (χ4n) is 0.937. The summed E-state index contributed by atoms with van der Waals surface area (Å²) in [7, 11) is 0. The van der Waals surface area contributed by atoms with Crippen LogP contribution in [0.15, 0.2) is 12.3 Å². The zero-order chi connectivity index (χ0) is 8.55. The van der Waals surface area contributed by atoms with E-state index >= 15 is 0 Å². The summed E-state index contributed by atoms with van der Waals surface area (Å²) in [4.78, 5) is 14.4. The number of rotatable bonds is 1. The zero-order valence-electron chi connectivity index (χ0n) is 6.11. The molecule has 5 nitrogen and oxygen atoms in total. The second-order valence-corrected chi connectivity index (χ2v) is 2.29. The van der Waals surface area contributed by atoms with Gasteiger partial charge < -0.3 is 15.2 Å². The molecule has 2 N–H and O–H groups in total. The van der Waals surface area contributed by atoms with Gasteiger partial charge in [0.1, 0.15) is 5.69 Å². The number of pyridine rings is 1. The van der Waals surface area contributed by atoms with E-state index < -0.39 is 5.91 Å². The van der Waals surface area contributed by atoms with Crippen LogP contribution in [0.5, 0.6) is 11.5 Å². The van der Waals surface area contributed by atoms with Crippen LogP contribution in [-0.4, -0.2) is 17.7 Å². The number of amides is 1. The van der Waals surface area contributed by atoms with Gasteiger partial charge in [0, 0.05) is 6.07 Å². The number of hydrogen-bond acceptors (Lipinski definition) is 4. The summed E-state index contributed by atoms with van der Waals surface area (Å²) in [5.74, 6) is 0.479. The van der Waals surface area contributed by atoms with Gasteiger partial charge in [0.05, 0.1) is 6.20 Å². The van der Waals surface area contributed by atoms with Crippen molar-refractivity contribution in [3.63, 3.8) is 0 Å². The standard InChI is InChI=1S/C7H6N2O3/c8-7(10)4-1-5-6(2-9-4)12-3-11-5/h1-2H,3H2,(H2,8,10). The van der Waals surface area contributed by atoms with Crippen LogP contribution in [0.3, 0.4) is 0 Å². The van der Waals surface area contributed by atoms with Gasteiger partial charge in [0.2, 0.25) is 6.79 Å². The second kappa shape index (κ2) is 2.37. The Balaban J connectivity index is 2.45. The van der Waals surface area contributed by atoms with E-state index in [2.05, 4.69) is 4.98 Å². The van der Waals surface area contributed by atoms with E-state index in [-0.39, 0.29) is 12.5 Å². The highest BCUT2D eigenvalue weighted by Crippen LogP contribution is 2.30. The highest BCUT2D eigenvalue weighted by molar-refractivity contribution is 5.91. The second-order valence-electron chi connectivity index (χ2n) is 2.29. The Morgan fingerprint density at radius 2 is 2.25 bits per heavy atom. The van der Waals surface area contributed by atoms with Gasteiger partial charge in [-0.25, -0.2) is 4.98 Å². The Morgan fingerprint density at radius 1 is 1.50 bits per heavy atom. The topological polar surface area (TPSA) is 74.4 Å². The lowest BCUT2D eigenvalue weighted by molar-refractivity contribution is 0.0995. The molecular formula is C7H6N2O3. The molecule has 12 heavy (non-hydrogen) atoms. The summed E-state index contributed by atoms with van der Waals surface area (Å²) in [5.41, 5.74) is 5.19. The Kier molecular flexibility index (Phi) is 1.36. The Hall–Kier alpha value is -1.78. The van der Waals surface area contributed by atoms with Crippen LogP contribution in [0.4, 0.5) is 0 Å². The minimum absolute atomic E-state index is 0.166. The van der Waals surface area contributed by atoms with Crippen LogP contribution in [0.25, 0.3) is 0 Å². The number of carbonyl (C=O) groups is 1. The molecule has 1 aliphatic heterocycles. The molecule has 0 aromatic carbocycles. The monoisotopic (exact) mass is 166 g/mol. The third-order valence-corrected chi connectivity index (χ3v) is 1.51. The van der Waals surface area contributed by atoms with E-state index in [0.29, 0.717) is 11.5 Å². The predicted octanol–water partition coefficient (Wildman–Crippen LogP) is -0.0908. The molecule has 62 valence electrons. The van der Waals surface area contributed by atoms with Crippen molar-refractivity contribution < 1.29 is 14.3 Å². The predicted molar refractivity (Wildman–Crippen MR) is 38.9 cm³/mol. The number of carbonyl (C=O) groups excluding carboxylic acids is 1. The number of nitrogens with zero attached hydrogens (tertiary/aromatic N) is 1. The molecular weight excluding hydrogens is 160 g/mol. The Morgan fingerprint density at radius 3 is 3.00 bits per heavy atom. The lowest BCUT2D eigenvalue weighted by atomic mass is 10.3. The normalized spacial score (nSPS) is 13.0. The van der Waals surface area contributed by atoms with Gasteiger partial charge in [-0.1, -0.05) is 0 Å². The minimum Gasteiger partial charge on any atom is -0.453 e. The number of primary amides is 1. The maximum atomic E-state index is 10.7. The molecule has 1 aliphatic rings. The molecule has 0 radical (unpaired) electrons. The van der Waals surface area contributed by atoms with Gasteiger partial charge in [0.25, 0.3) is 5.91 Å². The van der Waals surface area contributed by atoms with Gasteiger partial charge in [-0.2, -0.15) is 0 Å². The molecule has 0 saturated heterocycles. The largest absolute Gasteiger partial charge is 0.453 e. The van der Waals surface area contributed by atoms with Crippen molar-refractivity contribution in [3.8, 4) is 11.5 Å². The van der Waals surface area contributed by atoms with Gasteiger partial charge in [0.15, 0.2) is 11.5 Å². The summed E-state index contributed by atoms with van der Waals surface area (Å²) in [6.45, 7) is 0.166. The maximum absolute atomic E-state index is 10.7. The number of hydrogen-bond donors (Lipinski definition) is 1. The van der Waals surface area contributed by atoms with Crippen LogP contribution in [0.1, 0.15) is 10.5 Å². The van der Waals surface area contributed by atoms with Crippen molar-refractivity contribution in [2.24, 2.45) is 5.73 Å². The molecule has 0 bridgehead atoms. The quantitative estimate of drug-likeness (QED) is 0.632. The van der Waals surface area contributed by atoms with Crippen LogP contribution >= 0.6 is 0 Å². The number of fused-ring (bicyclic) bond motifs is 1. The lowest BCUT2D eigenvalue weighted by Crippen LogP contribution is -2.12. The lowest BCUT2D eigenvalue weighted by Gasteiger charge is -1.96. The van der Waals surface area contributed by atoms with Crippen molar-refractivity contribution in [3.05, 3.63) is 18.0 Å². The molecule has 1 aromatic rings. The number of ether oxygens (including phenoxy) is 2. The summed E-state index contributed by atoms with van der Waals surface area (Å²) in [5, 5.41) is 0. The van der Waals surface area contributed by atoms with Gasteiger partial charge >= 0.3 is 0 Å². The first kappa shape index (κ1) is 6.90. The van der Waals surface area contributed by atoms with Gasteiger partial charge in [-0.05, 0) is 0 Å². The fraction of sp³-hybridized carbons (Fsp3) is 0.143. The highest BCUT2D eigenvalue weighted by Gasteiger charge is 2.15. The summed E-state index contributed by atoms with van der Waals surface area (Å²) >= 11 is 0. The molecule has 0 spiro atoms. The van der Waals surface area contributed by atoms with E-state index in [4.69, 9.17) is 15.2 Å². The molecule has 2 rings (SSSR count). The average molecular weight is 166 g/mol. The minimum atomic E-state index is -0.576. The van der Waals surface area contributed by atoms with E-state index in [1.54, 1.807) is 0 Å². The van der Waals surface area contributed by atoms with Crippen LogP contribution in [0.2, 0.25) is 0 Å². The van der Waals surface area contributed by atoms with Gasteiger partial charge in [-0.3, -0.25) is 4.79 Å². The molecule has 5 heteroatoms. The van der Waals surface area contributed by atoms with Crippen LogP contribution in [-0.2, 0) is 0 Å². The molecule has 0 unspecified atom stereocenters. The fourth-order valence-corrected chi connectivity index (χ4v) is 0.937. The van der Waals surface area contributed by atoms with Crippen LogP contribution < -0.4 is 15.2 Å². The maximum Gasteiger partial charge on any atom is 0.267 e. The first-order valence-corrected chi connectivity index (χ1v) is 3.33. The first-order valence-electron chi connectivity index (χ1n) is 3.33. The van der Waals surface area contributed by atoms with Gasteiger partial charge in [-0.15, -0.1) is 0 Å². The molecule has 1 amide bonds. The van der Waals surface area contributed by atoms with E-state index in [0.717, 1.165) is 0 Å². The summed E-state index contributed by atoms with van der Waals surface area (Å²) in [6, 6.07) is 1.46. The number of aromatic nitrogens is 1. The van der Waals surface area contributed by atoms with Crippen LogP contribution in [0, 0.1) is 0 Å². The molecule has 0 atom stereocenters. The van der Waals surface area contributed by atoms with Crippen molar-refractivity contribution in [2.45, 2.75) is 0 Å². The first-order chi connectivity index (χ1) is 5.77. The number of nitrogens with two attached hydrogens (primary N) is 1. The van der Waals surface area contributed by atoms with Crippen molar-refractivity contribution in [1.82, 2.24) is 4.98 Å². The van der Waals surface area contributed by atoms with Crippen molar-refractivity contribution in [2.75, 3.05) is 6.79 Å². The third kappa shape index (κ3) is 0.952. The van der Waals surface area contributed by atoms with Crippen molar-refractivity contribution >= 4 is 5.91 Å². The Labute approximate surface area is 68.1 Å². The molecule has 1 aromatic heterocycles. The SMILES string of the molecule is NC(=O)c1cc2c(cn1)OCO2. The molecule has 0 saturated carbocycles. The zero-order valence-corrected chi connectivity index (χ0v) is 6.11. The summed E-state index contributed by atoms with van der Waals surface area (Å²) in [6.07, 6.45) is 1.42. The van der Waals surface area contributed by atoms with E-state index in [1.807, 2.05) is 0 Å². The average Bonchev–Trinajstić information content (AvgIpc) is 2.49. The third-order valence-electron chi connectivity index (χ3n) is 1.51. The highest BCUT2D eigenvalue weighted by atomic mass is 16.7. The van der Waals surface area contributed by atoms with E-state index in [9.17, 15) is 4.79 Å². The summed E-state index contributed by atoms with van der Waals surface area (Å²) < 4.78 is 10.0.